The average Bonchev–Trinajstić information content (AvgIpc) is 3.17. The van der Waals surface area contributed by atoms with E-state index in [2.05, 4.69) is 0 Å². The quantitative estimate of drug-likeness (QED) is 0.339. The van der Waals surface area contributed by atoms with E-state index in [0.29, 0.717) is 11.3 Å². The number of phenols is 1. The normalized spacial score (nSPS) is 33.0. The van der Waals surface area contributed by atoms with Crippen LogP contribution >= 0.6 is 0 Å². The number of carbonyl (C=O) groups is 4. The van der Waals surface area contributed by atoms with Gasteiger partial charge in [0.1, 0.15) is 17.2 Å². The Morgan fingerprint density at radius 1 is 0.848 bits per heavy atom. The predicted molar refractivity (Wildman–Crippen MR) is 106 cm³/mol. The van der Waals surface area contributed by atoms with Crippen LogP contribution in [0.1, 0.15) is 24.3 Å². The first kappa shape index (κ1) is 21.4. The van der Waals surface area contributed by atoms with Gasteiger partial charge >= 0.3 is 0 Å². The van der Waals surface area contributed by atoms with E-state index in [1.165, 1.54) is 26.4 Å². The lowest BCUT2D eigenvalue weighted by atomic mass is 9.57. The highest BCUT2D eigenvalue weighted by Crippen LogP contribution is 2.60. The van der Waals surface area contributed by atoms with Crippen molar-refractivity contribution in [1.82, 2.24) is 10.1 Å². The maximum absolute atomic E-state index is 12.9. The fourth-order valence-corrected chi connectivity index (χ4v) is 6.06. The van der Waals surface area contributed by atoms with E-state index in [0.717, 1.165) is 0 Å². The van der Waals surface area contributed by atoms with Gasteiger partial charge in [0.05, 0.1) is 37.9 Å². The summed E-state index contributed by atoms with van der Waals surface area (Å²) < 4.78 is 10.7. The Hall–Kier alpha value is -3.44. The average molecular weight is 458 g/mol. The highest BCUT2D eigenvalue weighted by Gasteiger charge is 2.62. The number of amides is 4. The second-order valence-electron chi connectivity index (χ2n) is 8.76. The minimum atomic E-state index is -1.04. The van der Waals surface area contributed by atoms with Crippen LogP contribution < -0.4 is 9.47 Å². The number of hydrogen-bond donors (Lipinski definition) is 3. The molecule has 6 atom stereocenters. The molecule has 2 heterocycles. The van der Waals surface area contributed by atoms with Crippen LogP contribution in [0.5, 0.6) is 17.2 Å². The number of aromatic hydroxyl groups is 1. The van der Waals surface area contributed by atoms with Crippen molar-refractivity contribution in [3.63, 3.8) is 0 Å². The van der Waals surface area contributed by atoms with Crippen molar-refractivity contribution in [1.29, 1.82) is 0 Å². The number of hydroxylamine groups is 4. The van der Waals surface area contributed by atoms with Gasteiger partial charge in [-0.3, -0.25) is 29.6 Å². The van der Waals surface area contributed by atoms with Crippen LogP contribution in [0.3, 0.4) is 0 Å². The smallest absolute Gasteiger partial charge is 0.258 e. The summed E-state index contributed by atoms with van der Waals surface area (Å²) in [5.41, 5.74) is 0.806. The molecule has 5 rings (SSSR count). The fraction of sp³-hybridized carbons (Fsp3) is 0.455. The van der Waals surface area contributed by atoms with Gasteiger partial charge in [0.15, 0.2) is 0 Å². The molecule has 3 fully saturated rings. The summed E-state index contributed by atoms with van der Waals surface area (Å²) in [6.45, 7) is 0. The molecule has 4 aliphatic rings. The Morgan fingerprint density at radius 3 is 2.12 bits per heavy atom. The second-order valence-corrected chi connectivity index (χ2v) is 8.76. The molecule has 1 aromatic carbocycles. The molecule has 33 heavy (non-hydrogen) atoms. The number of imide groups is 2. The van der Waals surface area contributed by atoms with Gasteiger partial charge < -0.3 is 14.6 Å². The number of ether oxygens (including phenoxy) is 2. The Bertz CT molecular complexity index is 1130. The minimum absolute atomic E-state index is 0.0435. The summed E-state index contributed by atoms with van der Waals surface area (Å²) in [5, 5.41) is 31.2. The summed E-state index contributed by atoms with van der Waals surface area (Å²) >= 11 is 0. The van der Waals surface area contributed by atoms with Crippen LogP contribution in [0.15, 0.2) is 23.8 Å². The molecule has 1 saturated carbocycles. The van der Waals surface area contributed by atoms with Crippen LogP contribution in [0.25, 0.3) is 0 Å². The van der Waals surface area contributed by atoms with E-state index in [4.69, 9.17) is 9.47 Å². The van der Waals surface area contributed by atoms with Gasteiger partial charge in [0.25, 0.3) is 23.6 Å². The lowest BCUT2D eigenvalue weighted by Crippen LogP contribution is -2.43. The first-order chi connectivity index (χ1) is 15.7. The van der Waals surface area contributed by atoms with Gasteiger partial charge in [-0.15, -0.1) is 0 Å². The number of nitrogens with zero attached hydrogens (tertiary/aromatic N) is 2. The van der Waals surface area contributed by atoms with Gasteiger partial charge in [-0.25, -0.2) is 0 Å². The van der Waals surface area contributed by atoms with Crippen molar-refractivity contribution >= 4 is 23.6 Å². The Balaban J connectivity index is 1.72. The number of carbonyl (C=O) groups excluding carboxylic acids is 4. The lowest BCUT2D eigenvalue weighted by Gasteiger charge is -2.44. The Labute approximate surface area is 187 Å². The SMILES string of the molecule is COc1cc(O)c(C2C3=CCC4C(=O)N(O)C(=O)C4C3CC3C(=O)N(O)C(=O)C32)c(OC)c1. The number of fused-ring (bicyclic) bond motifs is 4. The third-order valence-corrected chi connectivity index (χ3v) is 7.46. The third-order valence-electron chi connectivity index (χ3n) is 7.46. The zero-order valence-corrected chi connectivity index (χ0v) is 17.8. The lowest BCUT2D eigenvalue weighted by molar-refractivity contribution is -0.174. The maximum Gasteiger partial charge on any atom is 0.258 e. The summed E-state index contributed by atoms with van der Waals surface area (Å²) in [5.74, 6) is -8.08. The first-order valence-electron chi connectivity index (χ1n) is 10.5. The zero-order valence-electron chi connectivity index (χ0n) is 17.8. The number of rotatable bonds is 3. The van der Waals surface area contributed by atoms with Gasteiger partial charge in [-0.1, -0.05) is 11.6 Å². The molecule has 2 aliphatic carbocycles. The molecule has 2 saturated heterocycles. The van der Waals surface area contributed by atoms with E-state index in [1.807, 2.05) is 0 Å². The van der Waals surface area contributed by atoms with Crippen molar-refractivity contribution in [2.75, 3.05) is 14.2 Å². The van der Waals surface area contributed by atoms with Crippen LogP contribution in [0.4, 0.5) is 0 Å². The van der Waals surface area contributed by atoms with Crippen molar-refractivity contribution in [2.24, 2.45) is 29.6 Å². The number of allylic oxidation sites excluding steroid dienone is 2. The van der Waals surface area contributed by atoms with Crippen LogP contribution in [0, 0.1) is 29.6 Å². The minimum Gasteiger partial charge on any atom is -0.507 e. The molecule has 0 radical (unpaired) electrons. The summed E-state index contributed by atoms with van der Waals surface area (Å²) in [7, 11) is 2.79. The molecule has 4 amide bonds. The topological polar surface area (TPSA) is 154 Å². The molecule has 1 aromatic rings. The Kier molecular flexibility index (Phi) is 4.73. The van der Waals surface area contributed by atoms with Gasteiger partial charge in [0, 0.05) is 23.6 Å². The number of methoxy groups -OCH3 is 2. The van der Waals surface area contributed by atoms with Crippen LogP contribution in [-0.2, 0) is 19.2 Å². The van der Waals surface area contributed by atoms with Crippen LogP contribution in [-0.4, -0.2) is 63.5 Å². The highest BCUT2D eigenvalue weighted by molar-refractivity contribution is 6.06. The van der Waals surface area contributed by atoms with Crippen molar-refractivity contribution in [3.05, 3.63) is 29.3 Å². The molecule has 0 bridgehead atoms. The first-order valence-corrected chi connectivity index (χ1v) is 10.5. The highest BCUT2D eigenvalue weighted by atomic mass is 16.5. The van der Waals surface area contributed by atoms with E-state index in [1.54, 1.807) is 6.08 Å². The van der Waals surface area contributed by atoms with E-state index < -0.39 is 59.1 Å². The Morgan fingerprint density at radius 2 is 1.48 bits per heavy atom. The van der Waals surface area contributed by atoms with Crippen molar-refractivity contribution < 1.29 is 44.2 Å². The number of phenolic OH excluding ortho intramolecular Hbond substituents is 1. The molecule has 3 N–H and O–H groups in total. The summed E-state index contributed by atoms with van der Waals surface area (Å²) in [6, 6.07) is 2.87. The monoisotopic (exact) mass is 458 g/mol. The standard InChI is InChI=1S/C22H22N2O9/c1-32-8-5-13(25)18(14(6-8)33-2)16-9-3-4-10-15(21(28)23(30)19(10)26)11(9)7-12-17(16)22(29)24(31)20(12)27/h3,5-6,10-12,15-17,25,30-31H,4,7H2,1-2H3. The second kappa shape index (κ2) is 7.29. The third kappa shape index (κ3) is 2.75. The van der Waals surface area contributed by atoms with Crippen LogP contribution in [0.2, 0.25) is 0 Å². The summed E-state index contributed by atoms with van der Waals surface area (Å²) in [4.78, 5) is 50.8. The zero-order chi connectivity index (χ0) is 23.8. The molecule has 11 heteroatoms. The molecule has 174 valence electrons. The van der Waals surface area contributed by atoms with E-state index in [-0.39, 0.29) is 40.0 Å². The number of hydrogen-bond acceptors (Lipinski definition) is 9. The molecule has 0 aromatic heterocycles. The molecule has 0 spiro atoms. The molecule has 11 nitrogen and oxygen atoms in total. The predicted octanol–water partition coefficient (Wildman–Crippen LogP) is 0.824. The fourth-order valence-electron chi connectivity index (χ4n) is 6.06. The molecule has 2 aliphatic heterocycles. The maximum atomic E-state index is 12.9. The summed E-state index contributed by atoms with van der Waals surface area (Å²) in [6.07, 6.45) is 1.93. The molecular formula is C22H22N2O9. The van der Waals surface area contributed by atoms with Crippen molar-refractivity contribution in [2.45, 2.75) is 18.8 Å². The van der Waals surface area contributed by atoms with E-state index in [9.17, 15) is 34.7 Å². The van der Waals surface area contributed by atoms with Gasteiger partial charge in [-0.2, -0.15) is 10.1 Å². The van der Waals surface area contributed by atoms with Crippen molar-refractivity contribution in [3.8, 4) is 17.2 Å². The van der Waals surface area contributed by atoms with Gasteiger partial charge in [-0.05, 0) is 18.8 Å². The van der Waals surface area contributed by atoms with E-state index >= 15 is 0 Å². The largest absolute Gasteiger partial charge is 0.507 e. The van der Waals surface area contributed by atoms with Gasteiger partial charge in [0.2, 0.25) is 0 Å². The molecular weight excluding hydrogens is 436 g/mol. The number of benzene rings is 1. The molecule has 6 unspecified atom stereocenters.